The van der Waals surface area contributed by atoms with Crippen LogP contribution >= 0.6 is 23.2 Å². The van der Waals surface area contributed by atoms with Gasteiger partial charge in [-0.25, -0.2) is 9.97 Å². The van der Waals surface area contributed by atoms with E-state index in [9.17, 15) is 19.2 Å². The molecule has 0 aliphatic carbocycles. The van der Waals surface area contributed by atoms with Crippen LogP contribution in [0.4, 0.5) is 9.59 Å². The number of rotatable bonds is 18. The summed E-state index contributed by atoms with van der Waals surface area (Å²) in [5.74, 6) is 3.04. The van der Waals surface area contributed by atoms with Crippen molar-refractivity contribution in [2.24, 2.45) is 0 Å². The molecular weight excluding hydrogens is 851 g/mol. The number of carbonyl (C=O) groups excluding carboxylic acids is 4. The molecule has 4 aromatic carbocycles. The Morgan fingerprint density at radius 2 is 1.06 bits per heavy atom. The summed E-state index contributed by atoms with van der Waals surface area (Å²) in [6.45, 7) is 6.21. The smallest absolute Gasteiger partial charge is 0.325 e. The quantitative estimate of drug-likeness (QED) is 0.0457. The number of ether oxygens (including phenoxy) is 4. The van der Waals surface area contributed by atoms with Gasteiger partial charge in [0.1, 0.15) is 36.1 Å². The highest BCUT2D eigenvalue weighted by Crippen LogP contribution is 2.26. The fourth-order valence-corrected chi connectivity index (χ4v) is 6.47. The van der Waals surface area contributed by atoms with E-state index in [1.54, 1.807) is 19.1 Å². The molecule has 0 N–H and O–H groups in total. The summed E-state index contributed by atoms with van der Waals surface area (Å²) in [4.78, 5) is 57.8. The Labute approximate surface area is 375 Å². The fourth-order valence-electron chi connectivity index (χ4n) is 6.15. The van der Waals surface area contributed by atoms with E-state index in [0.29, 0.717) is 49.3 Å². The number of aryl methyl sites for hydroxylation is 2. The molecule has 63 heavy (non-hydrogen) atoms. The maximum absolute atomic E-state index is 11.7. The lowest BCUT2D eigenvalue weighted by Gasteiger charge is -2.26. The molecule has 0 spiro atoms. The van der Waals surface area contributed by atoms with Crippen molar-refractivity contribution in [2.75, 3.05) is 40.5 Å². The first-order valence-corrected chi connectivity index (χ1v) is 20.6. The Bertz CT molecular complexity index is 2410. The Hall–Kier alpha value is -6.64. The molecule has 0 saturated carbocycles. The third kappa shape index (κ3) is 14.2. The highest BCUT2D eigenvalue weighted by atomic mass is 35.5. The average Bonchev–Trinajstić information content (AvgIpc) is 3.87. The van der Waals surface area contributed by atoms with Crippen LogP contribution < -0.4 is 9.47 Å². The van der Waals surface area contributed by atoms with Gasteiger partial charge in [0.05, 0.1) is 44.9 Å². The van der Waals surface area contributed by atoms with Gasteiger partial charge in [0.25, 0.3) is 0 Å². The number of amides is 2. The van der Waals surface area contributed by atoms with E-state index in [1.165, 1.54) is 24.0 Å². The number of halogens is 2. The van der Waals surface area contributed by atoms with Gasteiger partial charge in [-0.1, -0.05) is 60.7 Å². The summed E-state index contributed by atoms with van der Waals surface area (Å²) in [5, 5.41) is -1.44. The average molecular weight is 900 g/mol. The Kier molecular flexibility index (Phi) is 17.7. The summed E-state index contributed by atoms with van der Waals surface area (Å²) in [6, 6.07) is 33.6. The molecular formula is C47H48Cl2N4O10. The molecule has 0 aliphatic rings. The number of nitrogens with zero attached hydrogens (tertiary/aromatic N) is 4. The molecule has 14 nitrogen and oxygen atoms in total. The van der Waals surface area contributed by atoms with E-state index in [1.807, 2.05) is 111 Å². The van der Waals surface area contributed by atoms with Crippen LogP contribution in [0, 0.1) is 13.8 Å². The molecule has 1 atom stereocenters. The first kappa shape index (κ1) is 47.4. The van der Waals surface area contributed by atoms with Crippen LogP contribution in [0.3, 0.4) is 0 Å². The molecule has 0 bridgehead atoms. The number of esters is 2. The molecule has 2 aromatic heterocycles. The number of benzene rings is 4. The van der Waals surface area contributed by atoms with Crippen LogP contribution in [-0.4, -0.2) is 83.0 Å². The van der Waals surface area contributed by atoms with Gasteiger partial charge in [0.15, 0.2) is 0 Å². The monoisotopic (exact) mass is 898 g/mol. The van der Waals surface area contributed by atoms with E-state index in [-0.39, 0.29) is 19.6 Å². The van der Waals surface area contributed by atoms with Crippen molar-refractivity contribution in [3.05, 3.63) is 143 Å². The molecule has 0 radical (unpaired) electrons. The van der Waals surface area contributed by atoms with Crippen molar-refractivity contribution < 1.29 is 47.0 Å². The second kappa shape index (κ2) is 23.5. The molecule has 6 rings (SSSR count). The van der Waals surface area contributed by atoms with Crippen molar-refractivity contribution in [3.8, 4) is 34.4 Å². The third-order valence-corrected chi connectivity index (χ3v) is 10.2. The molecule has 2 heterocycles. The summed E-state index contributed by atoms with van der Waals surface area (Å²) in [6.07, 6.45) is 1.21. The summed E-state index contributed by atoms with van der Waals surface area (Å²) in [5.41, 5.74) is 5.21. The van der Waals surface area contributed by atoms with Crippen LogP contribution in [0.15, 0.2) is 118 Å². The van der Waals surface area contributed by atoms with Crippen LogP contribution in [0.1, 0.15) is 47.0 Å². The first-order valence-electron chi connectivity index (χ1n) is 19.9. The predicted molar refractivity (Wildman–Crippen MR) is 237 cm³/mol. The molecule has 0 fully saturated rings. The molecule has 6 aromatic rings. The van der Waals surface area contributed by atoms with Gasteiger partial charge >= 0.3 is 22.7 Å². The highest BCUT2D eigenvalue weighted by molar-refractivity contribution is 6.63. The Balaban J connectivity index is 0.000000238. The SMILES string of the molecule is COC(=O)CN(C(=O)Cl)C(C)c1ccc(OCCc2nc(-c3ccccc3)oc2C)cc1.COC(=O)CN(Cc1ccc(OCCc2nc(-c3ccccc3)oc2C)cc1)C(=O)Cl. The van der Waals surface area contributed by atoms with Crippen LogP contribution in [0.5, 0.6) is 11.5 Å². The minimum Gasteiger partial charge on any atom is -0.493 e. The molecule has 2 amide bonds. The van der Waals surface area contributed by atoms with Gasteiger partial charge < -0.3 is 37.6 Å². The van der Waals surface area contributed by atoms with Crippen molar-refractivity contribution in [1.29, 1.82) is 0 Å². The largest absolute Gasteiger partial charge is 0.493 e. The Morgan fingerprint density at radius 1 is 0.619 bits per heavy atom. The second-order valence-electron chi connectivity index (χ2n) is 14.0. The summed E-state index contributed by atoms with van der Waals surface area (Å²) < 4.78 is 32.4. The maximum Gasteiger partial charge on any atom is 0.325 e. The zero-order valence-corrected chi connectivity index (χ0v) is 37.1. The third-order valence-electron chi connectivity index (χ3n) is 9.72. The first-order chi connectivity index (χ1) is 30.3. The lowest BCUT2D eigenvalue weighted by molar-refractivity contribution is -0.142. The number of methoxy groups -OCH3 is 2. The second-order valence-corrected chi connectivity index (χ2v) is 14.7. The zero-order valence-electron chi connectivity index (χ0n) is 35.5. The maximum atomic E-state index is 11.7. The molecule has 16 heteroatoms. The number of hydrogen-bond donors (Lipinski definition) is 0. The topological polar surface area (TPSA) is 164 Å². The van der Waals surface area contributed by atoms with E-state index in [0.717, 1.165) is 45.2 Å². The fraction of sp³-hybridized carbons (Fsp3) is 0.277. The van der Waals surface area contributed by atoms with Gasteiger partial charge in [-0.2, -0.15) is 0 Å². The van der Waals surface area contributed by atoms with Gasteiger partial charge in [-0.05, 0) is 104 Å². The van der Waals surface area contributed by atoms with Crippen LogP contribution in [0.2, 0.25) is 0 Å². The van der Waals surface area contributed by atoms with Gasteiger partial charge in [0, 0.05) is 30.5 Å². The molecule has 1 unspecified atom stereocenters. The highest BCUT2D eigenvalue weighted by Gasteiger charge is 2.23. The summed E-state index contributed by atoms with van der Waals surface area (Å²) in [7, 11) is 2.52. The van der Waals surface area contributed by atoms with Crippen LogP contribution in [-0.2, 0) is 38.4 Å². The number of hydrogen-bond acceptors (Lipinski definition) is 12. The van der Waals surface area contributed by atoms with E-state index >= 15 is 0 Å². The molecule has 0 saturated heterocycles. The number of aromatic nitrogens is 2. The lowest BCUT2D eigenvalue weighted by Crippen LogP contribution is -2.34. The minimum atomic E-state index is -0.721. The minimum absolute atomic E-state index is 0.193. The van der Waals surface area contributed by atoms with Gasteiger partial charge in [-0.15, -0.1) is 0 Å². The number of carbonyl (C=O) groups is 4. The molecule has 330 valence electrons. The lowest BCUT2D eigenvalue weighted by atomic mass is 10.1. The van der Waals surface area contributed by atoms with E-state index in [4.69, 9.17) is 41.5 Å². The van der Waals surface area contributed by atoms with E-state index in [2.05, 4.69) is 19.4 Å². The normalized spacial score (nSPS) is 11.1. The van der Waals surface area contributed by atoms with Gasteiger partial charge in [0.2, 0.25) is 11.8 Å². The van der Waals surface area contributed by atoms with Crippen molar-refractivity contribution in [1.82, 2.24) is 19.8 Å². The zero-order chi connectivity index (χ0) is 45.3. The van der Waals surface area contributed by atoms with Crippen LogP contribution in [0.25, 0.3) is 22.9 Å². The number of oxazole rings is 2. The predicted octanol–water partition coefficient (Wildman–Crippen LogP) is 9.77. The van der Waals surface area contributed by atoms with E-state index < -0.39 is 28.7 Å². The van der Waals surface area contributed by atoms with Crippen molar-refractivity contribution in [3.63, 3.8) is 0 Å². The van der Waals surface area contributed by atoms with Crippen molar-refractivity contribution in [2.45, 2.75) is 46.2 Å². The summed E-state index contributed by atoms with van der Waals surface area (Å²) >= 11 is 11.2. The Morgan fingerprint density at radius 3 is 1.49 bits per heavy atom. The van der Waals surface area contributed by atoms with Gasteiger partial charge in [-0.3, -0.25) is 19.2 Å². The van der Waals surface area contributed by atoms with Crippen molar-refractivity contribution >= 4 is 45.9 Å². The molecule has 0 aliphatic heterocycles. The standard InChI is InChI=1S/C24H25ClN2O5.C23H23ClN2O5/c1-16(27(24(25)29)15-22(28)30-3)18-9-11-20(12-10-18)31-14-13-21-17(2)32-23(26-21)19-7-5-4-6-8-19;1-16-20(25-22(31-16)18-6-4-3-5-7-18)12-13-30-19-10-8-17(9-11-19)14-26(23(24)28)15-21(27)29-2/h4-12,16H,13-15H2,1-3H3;3-11H,12-15H2,1-2H3.